The lowest BCUT2D eigenvalue weighted by atomic mass is 10.3. The van der Waals surface area contributed by atoms with Crippen molar-refractivity contribution >= 4 is 23.2 Å². The average molecular weight is 213 g/mol. The molecule has 0 aliphatic rings. The van der Waals surface area contributed by atoms with Crippen molar-refractivity contribution < 1.29 is 13.5 Å². The Balaban J connectivity index is 2.71. The van der Waals surface area contributed by atoms with Gasteiger partial charge in [-0.25, -0.2) is 0 Å². The third-order valence-corrected chi connectivity index (χ3v) is 1.38. The highest BCUT2D eigenvalue weighted by Gasteiger charge is 2.27. The number of halogens is 4. The first kappa shape index (κ1) is 9.55. The SMILES string of the molecule is FC(F)(Cl)Oc1ccc(Cl)cc1. The highest BCUT2D eigenvalue weighted by molar-refractivity contribution is 6.30. The smallest absolute Gasteiger partial charge is 0.420 e. The van der Waals surface area contributed by atoms with Gasteiger partial charge in [-0.05, 0) is 24.3 Å². The first-order valence-electron chi connectivity index (χ1n) is 2.99. The summed E-state index contributed by atoms with van der Waals surface area (Å²) in [5, 5.41) is 0.445. The van der Waals surface area contributed by atoms with E-state index >= 15 is 0 Å². The van der Waals surface area contributed by atoms with Gasteiger partial charge in [0.1, 0.15) is 5.75 Å². The molecule has 0 aromatic heterocycles. The number of alkyl halides is 3. The van der Waals surface area contributed by atoms with Crippen LogP contribution in [0, 0.1) is 0 Å². The minimum Gasteiger partial charge on any atom is -0.420 e. The summed E-state index contributed by atoms with van der Waals surface area (Å²) < 4.78 is 28.1. The van der Waals surface area contributed by atoms with Gasteiger partial charge in [-0.15, -0.1) is 8.78 Å². The molecule has 0 N–H and O–H groups in total. The largest absolute Gasteiger partial charge is 0.487 e. The highest BCUT2D eigenvalue weighted by atomic mass is 35.5. The van der Waals surface area contributed by atoms with Gasteiger partial charge in [0.15, 0.2) is 0 Å². The summed E-state index contributed by atoms with van der Waals surface area (Å²) in [6.07, 6.45) is 0. The van der Waals surface area contributed by atoms with E-state index < -0.39 is 5.57 Å². The molecule has 0 spiro atoms. The van der Waals surface area contributed by atoms with Crippen LogP contribution in [0.4, 0.5) is 8.78 Å². The highest BCUT2D eigenvalue weighted by Crippen LogP contribution is 2.25. The maximum Gasteiger partial charge on any atom is 0.487 e. The molecule has 1 nitrogen and oxygen atoms in total. The second-order valence-electron chi connectivity index (χ2n) is 2.00. The molecular formula is C7H4Cl2F2O. The van der Waals surface area contributed by atoms with E-state index in [1.165, 1.54) is 24.3 Å². The summed E-state index contributed by atoms with van der Waals surface area (Å²) in [5.41, 5.74) is -3.67. The van der Waals surface area contributed by atoms with Crippen LogP contribution in [0.15, 0.2) is 24.3 Å². The first-order valence-corrected chi connectivity index (χ1v) is 3.74. The molecule has 5 heteroatoms. The summed E-state index contributed by atoms with van der Waals surface area (Å²) in [6.45, 7) is 0. The van der Waals surface area contributed by atoms with Crippen LogP contribution in [0.25, 0.3) is 0 Å². The van der Waals surface area contributed by atoms with Crippen molar-refractivity contribution in [1.29, 1.82) is 0 Å². The van der Waals surface area contributed by atoms with Gasteiger partial charge < -0.3 is 4.74 Å². The third kappa shape index (κ3) is 3.24. The van der Waals surface area contributed by atoms with Crippen molar-refractivity contribution in [3.8, 4) is 5.75 Å². The molecule has 0 heterocycles. The molecule has 1 rings (SSSR count). The van der Waals surface area contributed by atoms with Crippen LogP contribution in [0.2, 0.25) is 5.02 Å². The van der Waals surface area contributed by atoms with Gasteiger partial charge >= 0.3 is 5.57 Å². The van der Waals surface area contributed by atoms with Crippen molar-refractivity contribution in [2.24, 2.45) is 0 Å². The Morgan fingerprint density at radius 2 is 1.67 bits per heavy atom. The second-order valence-corrected chi connectivity index (χ2v) is 2.88. The summed E-state index contributed by atoms with van der Waals surface area (Å²) in [6, 6.07) is 5.47. The minimum atomic E-state index is -3.67. The molecule has 0 radical (unpaired) electrons. The summed E-state index contributed by atoms with van der Waals surface area (Å²) in [5.74, 6) is -0.0283. The summed E-state index contributed by atoms with van der Waals surface area (Å²) in [7, 11) is 0. The predicted molar refractivity (Wildman–Crippen MR) is 42.9 cm³/mol. The van der Waals surface area contributed by atoms with Gasteiger partial charge in [0.2, 0.25) is 0 Å². The van der Waals surface area contributed by atoms with Gasteiger partial charge in [-0.1, -0.05) is 11.6 Å². The number of benzene rings is 1. The number of hydrogen-bond acceptors (Lipinski definition) is 1. The molecule has 1 aromatic rings. The quantitative estimate of drug-likeness (QED) is 0.683. The van der Waals surface area contributed by atoms with Crippen LogP contribution < -0.4 is 4.74 Å². The van der Waals surface area contributed by atoms with E-state index in [1.807, 2.05) is 0 Å². The van der Waals surface area contributed by atoms with E-state index in [4.69, 9.17) is 11.6 Å². The zero-order valence-electron chi connectivity index (χ0n) is 5.73. The van der Waals surface area contributed by atoms with Crippen LogP contribution in [0.1, 0.15) is 0 Å². The topological polar surface area (TPSA) is 9.23 Å². The van der Waals surface area contributed by atoms with Gasteiger partial charge in [0.05, 0.1) is 0 Å². The summed E-state index contributed by atoms with van der Waals surface area (Å²) >= 11 is 10.0. The maximum atomic E-state index is 12.0. The molecule has 0 fully saturated rings. The normalized spacial score (nSPS) is 11.3. The Labute approximate surface area is 77.8 Å². The van der Waals surface area contributed by atoms with E-state index in [9.17, 15) is 8.78 Å². The number of hydrogen-bond donors (Lipinski definition) is 0. The molecule has 66 valence electrons. The Kier molecular flexibility index (Phi) is 2.75. The van der Waals surface area contributed by atoms with Crippen LogP contribution in [0.5, 0.6) is 5.75 Å². The molecule has 1 aromatic carbocycles. The molecule has 0 aliphatic heterocycles. The van der Waals surface area contributed by atoms with Crippen molar-refractivity contribution in [1.82, 2.24) is 0 Å². The molecule has 12 heavy (non-hydrogen) atoms. The van der Waals surface area contributed by atoms with Gasteiger partial charge in [0.25, 0.3) is 0 Å². The van der Waals surface area contributed by atoms with Crippen LogP contribution in [0.3, 0.4) is 0 Å². The monoisotopic (exact) mass is 212 g/mol. The third-order valence-electron chi connectivity index (χ3n) is 1.05. The maximum absolute atomic E-state index is 12.0. The van der Waals surface area contributed by atoms with E-state index in [0.29, 0.717) is 5.02 Å². The Bertz CT molecular complexity index is 255. The van der Waals surface area contributed by atoms with Gasteiger partial charge in [-0.2, -0.15) is 0 Å². The fourth-order valence-electron chi connectivity index (χ4n) is 0.636. The lowest BCUT2D eigenvalue weighted by Crippen LogP contribution is -2.15. The molecule has 0 amide bonds. The zero-order chi connectivity index (χ0) is 9.19. The van der Waals surface area contributed by atoms with Crippen LogP contribution in [-0.4, -0.2) is 5.57 Å². The van der Waals surface area contributed by atoms with E-state index in [-0.39, 0.29) is 5.75 Å². The average Bonchev–Trinajstić information content (AvgIpc) is 1.91. The fraction of sp³-hybridized carbons (Fsp3) is 0.143. The zero-order valence-corrected chi connectivity index (χ0v) is 7.24. The van der Waals surface area contributed by atoms with Gasteiger partial charge in [-0.3, -0.25) is 0 Å². The number of ether oxygens (including phenoxy) is 1. The van der Waals surface area contributed by atoms with Crippen molar-refractivity contribution in [2.75, 3.05) is 0 Å². The molecular weight excluding hydrogens is 209 g/mol. The molecule has 0 saturated carbocycles. The Hall–Kier alpha value is -0.540. The molecule has 0 unspecified atom stereocenters. The molecule has 0 aliphatic carbocycles. The standard InChI is InChI=1S/C7H4Cl2F2O/c8-5-1-3-6(4-2-5)12-7(9,10)11/h1-4H. The molecule has 0 saturated heterocycles. The van der Waals surface area contributed by atoms with E-state index in [1.54, 1.807) is 0 Å². The van der Waals surface area contributed by atoms with Crippen molar-refractivity contribution in [3.63, 3.8) is 0 Å². The van der Waals surface area contributed by atoms with E-state index in [0.717, 1.165) is 0 Å². The lowest BCUT2D eigenvalue weighted by molar-refractivity contribution is -0.0964. The van der Waals surface area contributed by atoms with Gasteiger partial charge in [0, 0.05) is 16.6 Å². The molecule has 0 bridgehead atoms. The fourth-order valence-corrected chi connectivity index (χ4v) is 0.851. The van der Waals surface area contributed by atoms with E-state index in [2.05, 4.69) is 16.3 Å². The number of rotatable bonds is 2. The Morgan fingerprint density at radius 3 is 2.08 bits per heavy atom. The van der Waals surface area contributed by atoms with Crippen molar-refractivity contribution in [3.05, 3.63) is 29.3 Å². The predicted octanol–water partition coefficient (Wildman–Crippen LogP) is 3.51. The minimum absolute atomic E-state index is 0.0283. The lowest BCUT2D eigenvalue weighted by Gasteiger charge is -2.09. The first-order chi connectivity index (χ1) is 5.47. The molecule has 0 atom stereocenters. The van der Waals surface area contributed by atoms with Crippen LogP contribution >= 0.6 is 23.2 Å². The van der Waals surface area contributed by atoms with Crippen LogP contribution in [-0.2, 0) is 0 Å². The second kappa shape index (κ2) is 3.46. The summed E-state index contributed by atoms with van der Waals surface area (Å²) in [4.78, 5) is 0. The Morgan fingerprint density at radius 1 is 1.17 bits per heavy atom. The van der Waals surface area contributed by atoms with Crippen molar-refractivity contribution in [2.45, 2.75) is 5.57 Å².